The molecule has 0 saturated carbocycles. The number of ether oxygens (including phenoxy) is 1. The van der Waals surface area contributed by atoms with Gasteiger partial charge in [0.2, 0.25) is 0 Å². The average molecular weight is 311 g/mol. The molecule has 23 heavy (non-hydrogen) atoms. The van der Waals surface area contributed by atoms with Crippen molar-refractivity contribution in [1.82, 2.24) is 10.3 Å². The summed E-state index contributed by atoms with van der Waals surface area (Å²) in [6.45, 7) is 2.78. The molecule has 0 unspecified atom stereocenters. The molecular weight excluding hydrogens is 290 g/mol. The van der Waals surface area contributed by atoms with Crippen LogP contribution in [-0.4, -0.2) is 17.6 Å². The minimum absolute atomic E-state index is 0.277. The van der Waals surface area contributed by atoms with Gasteiger partial charge < -0.3 is 15.8 Å². The number of hydrogen-bond donors (Lipinski definition) is 2. The summed E-state index contributed by atoms with van der Waals surface area (Å²) < 4.78 is 5.13. The van der Waals surface area contributed by atoms with E-state index in [0.717, 1.165) is 16.7 Å². The molecule has 0 atom stereocenters. The summed E-state index contributed by atoms with van der Waals surface area (Å²) in [6, 6.07) is 11.4. The van der Waals surface area contributed by atoms with E-state index >= 15 is 0 Å². The second-order valence-corrected chi connectivity index (χ2v) is 5.15. The zero-order chi connectivity index (χ0) is 16.5. The molecule has 0 spiro atoms. The fourth-order valence-electron chi connectivity index (χ4n) is 2.00. The number of aryl methyl sites for hydroxylation is 1. The van der Waals surface area contributed by atoms with Gasteiger partial charge in [-0.3, -0.25) is 0 Å². The van der Waals surface area contributed by atoms with Crippen molar-refractivity contribution in [3.8, 4) is 0 Å². The van der Waals surface area contributed by atoms with E-state index in [1.807, 2.05) is 55.5 Å². The van der Waals surface area contributed by atoms with Gasteiger partial charge in [-0.25, -0.2) is 9.78 Å². The van der Waals surface area contributed by atoms with Gasteiger partial charge in [0, 0.05) is 12.7 Å². The number of aromatic nitrogens is 1. The van der Waals surface area contributed by atoms with Crippen molar-refractivity contribution >= 4 is 18.0 Å². The van der Waals surface area contributed by atoms with Crippen molar-refractivity contribution < 1.29 is 9.53 Å². The van der Waals surface area contributed by atoms with Gasteiger partial charge in [-0.15, -0.1) is 0 Å². The molecule has 0 saturated heterocycles. The van der Waals surface area contributed by atoms with Crippen molar-refractivity contribution in [3.63, 3.8) is 0 Å². The van der Waals surface area contributed by atoms with Crippen molar-refractivity contribution in [3.05, 3.63) is 65.4 Å². The van der Waals surface area contributed by atoms with Gasteiger partial charge in [0.15, 0.2) is 0 Å². The fraction of sp³-hybridized carbons (Fsp3) is 0.222. The minimum Gasteiger partial charge on any atom is -0.445 e. The predicted octanol–water partition coefficient (Wildman–Crippen LogP) is 3.30. The van der Waals surface area contributed by atoms with Crippen molar-refractivity contribution in [2.24, 2.45) is 0 Å². The number of rotatable bonds is 6. The number of nitrogen functional groups attached to an aromatic ring is 1. The summed E-state index contributed by atoms with van der Waals surface area (Å²) in [5.41, 5.74) is 8.67. The molecule has 120 valence electrons. The number of carbonyl (C=O) groups excluding carboxylic acids is 1. The molecule has 2 rings (SSSR count). The van der Waals surface area contributed by atoms with Crippen LogP contribution in [0.2, 0.25) is 0 Å². The first-order chi connectivity index (χ1) is 11.1. The normalized spacial score (nSPS) is 10.7. The second kappa shape index (κ2) is 8.58. The van der Waals surface area contributed by atoms with Crippen molar-refractivity contribution in [1.29, 1.82) is 0 Å². The number of amides is 1. The third kappa shape index (κ3) is 5.82. The maximum Gasteiger partial charge on any atom is 0.407 e. The van der Waals surface area contributed by atoms with Crippen molar-refractivity contribution in [2.45, 2.75) is 20.0 Å². The largest absolute Gasteiger partial charge is 0.445 e. The molecule has 3 N–H and O–H groups in total. The van der Waals surface area contributed by atoms with Gasteiger partial charge in [0.05, 0.1) is 0 Å². The highest BCUT2D eigenvalue weighted by Crippen LogP contribution is 2.11. The summed E-state index contributed by atoms with van der Waals surface area (Å²) in [5, 5.41) is 2.71. The number of alkyl carbamates (subject to hydrolysis) is 1. The molecule has 0 radical (unpaired) electrons. The standard InChI is InChI=1S/C18H21N3O2/c1-14-11-17(19)21-12-16(14)9-5-6-10-20-18(22)23-13-15-7-3-2-4-8-15/h2-5,7-9,11-12H,6,10,13H2,1H3,(H2,19,21)(H,20,22). The van der Waals surface area contributed by atoms with Gasteiger partial charge in [-0.1, -0.05) is 42.5 Å². The number of pyridine rings is 1. The van der Waals surface area contributed by atoms with Gasteiger partial charge in [0.25, 0.3) is 0 Å². The smallest absolute Gasteiger partial charge is 0.407 e. The first-order valence-corrected chi connectivity index (χ1v) is 7.48. The SMILES string of the molecule is Cc1cc(N)ncc1C=CCCNC(=O)OCc1ccccc1. The lowest BCUT2D eigenvalue weighted by atomic mass is 10.1. The monoisotopic (exact) mass is 311 g/mol. The topological polar surface area (TPSA) is 77.2 Å². The molecule has 2 aromatic rings. The quantitative estimate of drug-likeness (QED) is 0.802. The number of nitrogens with two attached hydrogens (primary N) is 1. The Labute approximate surface area is 136 Å². The third-order valence-electron chi connectivity index (χ3n) is 3.26. The van der Waals surface area contributed by atoms with E-state index in [4.69, 9.17) is 10.5 Å². The Morgan fingerprint density at radius 1 is 1.35 bits per heavy atom. The van der Waals surface area contributed by atoms with Crippen LogP contribution in [0.5, 0.6) is 0 Å². The highest BCUT2D eigenvalue weighted by molar-refractivity contribution is 5.67. The van der Waals surface area contributed by atoms with E-state index in [1.165, 1.54) is 0 Å². The molecule has 1 amide bonds. The number of anilines is 1. The second-order valence-electron chi connectivity index (χ2n) is 5.15. The number of benzene rings is 1. The molecule has 5 heteroatoms. The average Bonchev–Trinajstić information content (AvgIpc) is 2.55. The van der Waals surface area contributed by atoms with Gasteiger partial charge in [-0.05, 0) is 36.1 Å². The van der Waals surface area contributed by atoms with E-state index in [1.54, 1.807) is 6.20 Å². The summed E-state index contributed by atoms with van der Waals surface area (Å²) in [5.74, 6) is 0.516. The molecule has 1 aromatic carbocycles. The van der Waals surface area contributed by atoms with E-state index in [0.29, 0.717) is 18.8 Å². The van der Waals surface area contributed by atoms with E-state index in [2.05, 4.69) is 10.3 Å². The lowest BCUT2D eigenvalue weighted by Crippen LogP contribution is -2.24. The first kappa shape index (κ1) is 16.5. The molecule has 0 aliphatic carbocycles. The number of nitrogens with zero attached hydrogens (tertiary/aromatic N) is 1. The van der Waals surface area contributed by atoms with Crippen LogP contribution in [0.15, 0.2) is 48.7 Å². The third-order valence-corrected chi connectivity index (χ3v) is 3.26. The Kier molecular flexibility index (Phi) is 6.17. The van der Waals surface area contributed by atoms with Crippen LogP contribution < -0.4 is 11.1 Å². The minimum atomic E-state index is -0.410. The van der Waals surface area contributed by atoms with Crippen LogP contribution in [-0.2, 0) is 11.3 Å². The number of nitrogens with one attached hydrogen (secondary N) is 1. The highest BCUT2D eigenvalue weighted by Gasteiger charge is 2.01. The van der Waals surface area contributed by atoms with E-state index in [-0.39, 0.29) is 6.61 Å². The lowest BCUT2D eigenvalue weighted by molar-refractivity contribution is 0.140. The fourth-order valence-corrected chi connectivity index (χ4v) is 2.00. The Morgan fingerprint density at radius 2 is 2.13 bits per heavy atom. The zero-order valence-electron chi connectivity index (χ0n) is 13.2. The Balaban J connectivity index is 1.66. The summed E-state index contributed by atoms with van der Waals surface area (Å²) in [4.78, 5) is 15.6. The highest BCUT2D eigenvalue weighted by atomic mass is 16.5. The number of carbonyl (C=O) groups is 1. The molecule has 0 bridgehead atoms. The Morgan fingerprint density at radius 3 is 2.87 bits per heavy atom. The van der Waals surface area contributed by atoms with Crippen LogP contribution in [0.3, 0.4) is 0 Å². The molecule has 0 fully saturated rings. The maximum atomic E-state index is 11.6. The Bertz CT molecular complexity index is 669. The van der Waals surface area contributed by atoms with Gasteiger partial charge in [0.1, 0.15) is 12.4 Å². The van der Waals surface area contributed by atoms with Crippen molar-refractivity contribution in [2.75, 3.05) is 12.3 Å². The molecular formula is C18H21N3O2. The summed E-state index contributed by atoms with van der Waals surface area (Å²) in [7, 11) is 0. The summed E-state index contributed by atoms with van der Waals surface area (Å²) in [6.07, 6.45) is 6.00. The first-order valence-electron chi connectivity index (χ1n) is 7.48. The van der Waals surface area contributed by atoms with Crippen LogP contribution in [0.4, 0.5) is 10.6 Å². The maximum absolute atomic E-state index is 11.6. The molecule has 0 aliphatic rings. The van der Waals surface area contributed by atoms with Crippen LogP contribution in [0.1, 0.15) is 23.1 Å². The van der Waals surface area contributed by atoms with Gasteiger partial charge >= 0.3 is 6.09 Å². The lowest BCUT2D eigenvalue weighted by Gasteiger charge is -2.06. The van der Waals surface area contributed by atoms with E-state index in [9.17, 15) is 4.79 Å². The molecule has 0 aliphatic heterocycles. The van der Waals surface area contributed by atoms with Crippen LogP contribution in [0, 0.1) is 6.92 Å². The predicted molar refractivity (Wildman–Crippen MR) is 91.7 cm³/mol. The van der Waals surface area contributed by atoms with Crippen LogP contribution in [0.25, 0.3) is 6.08 Å². The van der Waals surface area contributed by atoms with Crippen LogP contribution >= 0.6 is 0 Å². The summed E-state index contributed by atoms with van der Waals surface area (Å²) >= 11 is 0. The Hall–Kier alpha value is -2.82. The molecule has 5 nitrogen and oxygen atoms in total. The molecule has 1 heterocycles. The van der Waals surface area contributed by atoms with Gasteiger partial charge in [-0.2, -0.15) is 0 Å². The molecule has 1 aromatic heterocycles. The van der Waals surface area contributed by atoms with E-state index < -0.39 is 6.09 Å². The number of hydrogen-bond acceptors (Lipinski definition) is 4. The zero-order valence-corrected chi connectivity index (χ0v) is 13.2.